The van der Waals surface area contributed by atoms with E-state index in [1.807, 2.05) is 0 Å². The molecule has 2 fully saturated rings. The number of pyridine rings is 1. The highest BCUT2D eigenvalue weighted by Crippen LogP contribution is 2.32. The molecule has 0 aliphatic carbocycles. The number of aliphatic hydroxyl groups is 3. The summed E-state index contributed by atoms with van der Waals surface area (Å²) in [6.45, 7) is 0.553. The summed E-state index contributed by atoms with van der Waals surface area (Å²) >= 11 is 0. The van der Waals surface area contributed by atoms with Crippen molar-refractivity contribution < 1.29 is 34.5 Å². The van der Waals surface area contributed by atoms with E-state index in [2.05, 4.69) is 5.29 Å². The molecule has 0 saturated carbocycles. The molecule has 1 aromatic rings. The molecule has 6 atom stereocenters. The molecule has 3 heterocycles. The van der Waals surface area contributed by atoms with E-state index < -0.39 is 36.6 Å². The van der Waals surface area contributed by atoms with Crippen LogP contribution in [0.15, 0.2) is 29.8 Å². The molecule has 5 unspecified atom stereocenters. The largest absolute Gasteiger partial charge is 0.479 e. The van der Waals surface area contributed by atoms with Crippen molar-refractivity contribution >= 4 is 5.97 Å². The van der Waals surface area contributed by atoms with Crippen molar-refractivity contribution in [1.29, 1.82) is 0 Å². The molecule has 10 nitrogen and oxygen atoms in total. The fraction of sp³-hybridized carbons (Fsp3) is 0.600. The van der Waals surface area contributed by atoms with Gasteiger partial charge in [0.1, 0.15) is 12.2 Å². The molecule has 1 aromatic heterocycles. The first-order valence-electron chi connectivity index (χ1n) is 7.97. The van der Waals surface area contributed by atoms with Gasteiger partial charge in [0.15, 0.2) is 24.6 Å². The predicted molar refractivity (Wildman–Crippen MR) is 80.7 cm³/mol. The summed E-state index contributed by atoms with van der Waals surface area (Å²) in [7, 11) is 0. The first-order chi connectivity index (χ1) is 11.9. The first kappa shape index (κ1) is 17.7. The van der Waals surface area contributed by atoms with Gasteiger partial charge in [-0.3, -0.25) is 5.01 Å². The number of hydrogen-bond donors (Lipinski definition) is 4. The second-order valence-electron chi connectivity index (χ2n) is 6.24. The Morgan fingerprint density at radius 2 is 2.04 bits per heavy atom. The van der Waals surface area contributed by atoms with Crippen LogP contribution in [0.4, 0.5) is 0 Å². The van der Waals surface area contributed by atoms with Gasteiger partial charge in [0.25, 0.3) is 6.23 Å². The zero-order valence-electron chi connectivity index (χ0n) is 13.3. The number of nitrogens with zero attached hydrogens (tertiary/aromatic N) is 3. The number of aliphatic carboxylic acids is 1. The maximum atomic E-state index is 11.2. The predicted octanol–water partition coefficient (Wildman–Crippen LogP) is -1.14. The topological polar surface area (TPSA) is 144 Å². The highest BCUT2D eigenvalue weighted by atomic mass is 16.6. The highest BCUT2D eigenvalue weighted by Gasteiger charge is 2.51. The number of aromatic nitrogens is 1. The zero-order valence-corrected chi connectivity index (χ0v) is 13.3. The number of carboxylic acids is 1. The van der Waals surface area contributed by atoms with E-state index in [9.17, 15) is 25.0 Å². The van der Waals surface area contributed by atoms with Gasteiger partial charge in [-0.1, -0.05) is 0 Å². The van der Waals surface area contributed by atoms with Crippen molar-refractivity contribution in [2.24, 2.45) is 5.29 Å². The van der Waals surface area contributed by atoms with Gasteiger partial charge in [-0.05, 0) is 18.9 Å². The van der Waals surface area contributed by atoms with E-state index in [1.54, 1.807) is 24.5 Å². The molecule has 4 N–H and O–H groups in total. The minimum absolute atomic E-state index is 0.212. The van der Waals surface area contributed by atoms with E-state index in [0.29, 0.717) is 6.54 Å². The summed E-state index contributed by atoms with van der Waals surface area (Å²) in [5.74, 6) is -1.44. The molecule has 0 radical (unpaired) electrons. The van der Waals surface area contributed by atoms with Gasteiger partial charge in [0.2, 0.25) is 0 Å². The summed E-state index contributed by atoms with van der Waals surface area (Å²) in [4.78, 5) is 22.1. The first-order valence-corrected chi connectivity index (χ1v) is 7.97. The summed E-state index contributed by atoms with van der Waals surface area (Å²) in [6, 6.07) is 3.25. The van der Waals surface area contributed by atoms with Gasteiger partial charge in [-0.15, -0.1) is 4.91 Å². The molecule has 136 valence electrons. The van der Waals surface area contributed by atoms with Crippen molar-refractivity contribution in [3.63, 3.8) is 0 Å². The number of rotatable bonds is 4. The average molecular weight is 354 g/mol. The molecule has 10 heteroatoms. The van der Waals surface area contributed by atoms with Gasteiger partial charge in [0.05, 0.1) is 11.3 Å². The van der Waals surface area contributed by atoms with Crippen LogP contribution in [0.1, 0.15) is 30.7 Å². The third kappa shape index (κ3) is 3.21. The van der Waals surface area contributed by atoms with Gasteiger partial charge < -0.3 is 25.2 Å². The van der Waals surface area contributed by atoms with Crippen LogP contribution in [0.3, 0.4) is 0 Å². The van der Waals surface area contributed by atoms with E-state index in [-0.39, 0.29) is 6.04 Å². The summed E-state index contributed by atoms with van der Waals surface area (Å²) in [6.07, 6.45) is -3.07. The van der Waals surface area contributed by atoms with Crippen molar-refractivity contribution in [3.05, 3.63) is 35.0 Å². The van der Waals surface area contributed by atoms with Gasteiger partial charge in [-0.25, -0.2) is 4.79 Å². The summed E-state index contributed by atoms with van der Waals surface area (Å²) in [5.41, 5.74) is 0.753. The Labute approximate surface area is 142 Å². The maximum absolute atomic E-state index is 11.2. The Bertz CT molecular complexity index is 658. The van der Waals surface area contributed by atoms with Crippen LogP contribution < -0.4 is 4.57 Å². The molecule has 0 bridgehead atoms. The molecule has 0 spiro atoms. The highest BCUT2D eigenvalue weighted by molar-refractivity contribution is 5.73. The second-order valence-corrected chi connectivity index (χ2v) is 6.24. The van der Waals surface area contributed by atoms with Crippen LogP contribution >= 0.6 is 0 Å². The van der Waals surface area contributed by atoms with Crippen molar-refractivity contribution in [3.8, 4) is 0 Å². The van der Waals surface area contributed by atoms with Crippen LogP contribution in [0.5, 0.6) is 0 Å². The maximum Gasteiger partial charge on any atom is 0.335 e. The Kier molecular flexibility index (Phi) is 4.95. The quantitative estimate of drug-likeness (QED) is 0.392. The average Bonchev–Trinajstić information content (AvgIpc) is 3.08. The van der Waals surface area contributed by atoms with E-state index in [1.165, 1.54) is 9.58 Å². The van der Waals surface area contributed by atoms with Crippen LogP contribution in [-0.4, -0.2) is 62.4 Å². The number of aliphatic hydroxyl groups excluding tert-OH is 3. The molecule has 2 aliphatic heterocycles. The minimum atomic E-state index is -1.74. The van der Waals surface area contributed by atoms with Gasteiger partial charge in [0, 0.05) is 18.2 Å². The van der Waals surface area contributed by atoms with Crippen molar-refractivity contribution in [1.82, 2.24) is 5.01 Å². The zero-order chi connectivity index (χ0) is 18.1. The minimum Gasteiger partial charge on any atom is -0.479 e. The number of ether oxygens (including phenoxy) is 1. The molecular weight excluding hydrogens is 334 g/mol. The second kappa shape index (κ2) is 7.00. The molecule has 3 rings (SSSR count). The fourth-order valence-electron chi connectivity index (χ4n) is 3.37. The number of hydrogen-bond acceptors (Lipinski definition) is 7. The SMILES string of the molecule is O=NN1CCC[C@H]1c1ccc[n+](C2OC(C(=O)O)C(O)C(O)C2O)c1. The molecule has 0 aromatic carbocycles. The Hall–Kier alpha value is -2.14. The normalized spacial score (nSPS) is 35.6. The number of carboxylic acid groups (broad SMARTS) is 1. The van der Waals surface area contributed by atoms with Crippen molar-refractivity contribution in [2.75, 3.05) is 6.54 Å². The summed E-state index contributed by atoms with van der Waals surface area (Å²) in [5, 5.41) is 43.4. The monoisotopic (exact) mass is 354 g/mol. The van der Waals surface area contributed by atoms with Crippen LogP contribution in [0.2, 0.25) is 0 Å². The third-order valence-electron chi connectivity index (χ3n) is 4.68. The van der Waals surface area contributed by atoms with Gasteiger partial charge in [-0.2, -0.15) is 4.57 Å². The number of nitroso groups, excluding NO2 is 1. The molecular formula is C15H20N3O7+. The standard InChI is InChI=1S/C15H19N3O7/c19-10-11(20)13(15(22)23)25-14(12(10)21)17-5-1-3-8(7-17)9-4-2-6-18(9)16-24/h1,3,5,7,9-14,19-21H,2,4,6H2/p+1/t9-,10?,11?,12?,13?,14?/m0/s1. The molecule has 2 saturated heterocycles. The third-order valence-corrected chi connectivity index (χ3v) is 4.68. The van der Waals surface area contributed by atoms with E-state index in [0.717, 1.165) is 18.4 Å². The lowest BCUT2D eigenvalue weighted by Crippen LogP contribution is -2.63. The molecule has 0 amide bonds. The van der Waals surface area contributed by atoms with Crippen LogP contribution in [0.25, 0.3) is 0 Å². The van der Waals surface area contributed by atoms with Crippen molar-refractivity contribution in [2.45, 2.75) is 49.5 Å². The fourth-order valence-corrected chi connectivity index (χ4v) is 3.37. The Balaban J connectivity index is 1.89. The Morgan fingerprint density at radius 3 is 2.72 bits per heavy atom. The molecule has 2 aliphatic rings. The molecule has 25 heavy (non-hydrogen) atoms. The number of carbonyl (C=O) groups is 1. The smallest absolute Gasteiger partial charge is 0.335 e. The van der Waals surface area contributed by atoms with Crippen LogP contribution in [-0.2, 0) is 9.53 Å². The lowest BCUT2D eigenvalue weighted by atomic mass is 9.97. The van der Waals surface area contributed by atoms with E-state index >= 15 is 0 Å². The lowest BCUT2D eigenvalue weighted by Gasteiger charge is -2.35. The van der Waals surface area contributed by atoms with E-state index in [4.69, 9.17) is 9.84 Å². The Morgan fingerprint density at radius 1 is 1.28 bits per heavy atom. The van der Waals surface area contributed by atoms with Gasteiger partial charge >= 0.3 is 5.97 Å². The lowest BCUT2D eigenvalue weighted by molar-refractivity contribution is -0.777. The summed E-state index contributed by atoms with van der Waals surface area (Å²) < 4.78 is 6.73. The van der Waals surface area contributed by atoms with Crippen LogP contribution in [0, 0.1) is 4.91 Å².